The van der Waals surface area contributed by atoms with Crippen molar-refractivity contribution in [3.05, 3.63) is 63.7 Å². The molecular formula is C18H17ClO2. The number of carbonyl (C=O) groups is 1. The van der Waals surface area contributed by atoms with Gasteiger partial charge in [-0.3, -0.25) is 4.79 Å². The van der Waals surface area contributed by atoms with E-state index in [-0.39, 0.29) is 5.78 Å². The average Bonchev–Trinajstić information content (AvgIpc) is 2.94. The van der Waals surface area contributed by atoms with Gasteiger partial charge in [0.05, 0.1) is 12.7 Å². The summed E-state index contributed by atoms with van der Waals surface area (Å²) in [5.41, 5.74) is 4.41. The maximum atomic E-state index is 12.5. The van der Waals surface area contributed by atoms with E-state index in [1.807, 2.05) is 0 Å². The quantitative estimate of drug-likeness (QED) is 0.789. The highest BCUT2D eigenvalue weighted by Crippen LogP contribution is 2.26. The van der Waals surface area contributed by atoms with Crippen LogP contribution in [0.15, 0.2) is 36.4 Å². The van der Waals surface area contributed by atoms with Crippen LogP contribution in [0.3, 0.4) is 0 Å². The van der Waals surface area contributed by atoms with E-state index >= 15 is 0 Å². The molecule has 0 aromatic heterocycles. The van der Waals surface area contributed by atoms with Crippen LogP contribution in [0.4, 0.5) is 0 Å². The molecule has 0 aliphatic heterocycles. The Hall–Kier alpha value is -1.80. The number of aryl methyl sites for hydroxylation is 2. The third-order valence-electron chi connectivity index (χ3n) is 3.99. The van der Waals surface area contributed by atoms with Gasteiger partial charge in [0.1, 0.15) is 5.75 Å². The van der Waals surface area contributed by atoms with Crippen molar-refractivity contribution >= 4 is 17.4 Å². The van der Waals surface area contributed by atoms with Gasteiger partial charge in [0, 0.05) is 11.4 Å². The summed E-state index contributed by atoms with van der Waals surface area (Å²) in [6, 6.07) is 11.5. The second-order valence-electron chi connectivity index (χ2n) is 5.40. The van der Waals surface area contributed by atoms with Gasteiger partial charge in [-0.25, -0.2) is 0 Å². The summed E-state index contributed by atoms with van der Waals surface area (Å²) in [5, 5.41) is 0.549. The lowest BCUT2D eigenvalue weighted by atomic mass is 9.99. The van der Waals surface area contributed by atoms with E-state index in [1.54, 1.807) is 25.3 Å². The summed E-state index contributed by atoms with van der Waals surface area (Å²) >= 11 is 5.99. The zero-order valence-corrected chi connectivity index (χ0v) is 12.7. The van der Waals surface area contributed by atoms with Crippen molar-refractivity contribution < 1.29 is 9.53 Å². The van der Waals surface area contributed by atoms with Crippen molar-refractivity contribution in [1.29, 1.82) is 0 Å². The molecule has 0 bridgehead atoms. The van der Waals surface area contributed by atoms with Crippen LogP contribution >= 0.6 is 11.6 Å². The molecule has 3 rings (SSSR count). The maximum Gasteiger partial charge on any atom is 0.171 e. The first-order valence-electron chi connectivity index (χ1n) is 7.15. The minimum Gasteiger partial charge on any atom is -0.496 e. The normalized spacial score (nSPS) is 13.0. The van der Waals surface area contributed by atoms with Gasteiger partial charge >= 0.3 is 0 Å². The second-order valence-corrected chi connectivity index (χ2v) is 5.84. The van der Waals surface area contributed by atoms with Crippen LogP contribution < -0.4 is 4.74 Å². The number of ketones is 1. The summed E-state index contributed by atoms with van der Waals surface area (Å²) in [5.74, 6) is 0.609. The van der Waals surface area contributed by atoms with E-state index < -0.39 is 0 Å². The van der Waals surface area contributed by atoms with Crippen molar-refractivity contribution in [2.24, 2.45) is 0 Å². The number of fused-ring (bicyclic) bond motifs is 1. The second kappa shape index (κ2) is 5.90. The number of benzene rings is 2. The third-order valence-corrected chi connectivity index (χ3v) is 4.22. The molecular weight excluding hydrogens is 284 g/mol. The molecule has 2 aromatic rings. The number of hydrogen-bond acceptors (Lipinski definition) is 2. The first-order valence-corrected chi connectivity index (χ1v) is 7.52. The number of methoxy groups -OCH3 is 1. The molecule has 0 heterocycles. The van der Waals surface area contributed by atoms with Gasteiger partial charge in [-0.15, -0.1) is 0 Å². The minimum absolute atomic E-state index is 0.0345. The first kappa shape index (κ1) is 14.2. The van der Waals surface area contributed by atoms with E-state index in [1.165, 1.54) is 17.5 Å². The molecule has 108 valence electrons. The molecule has 0 N–H and O–H groups in total. The highest BCUT2D eigenvalue weighted by molar-refractivity contribution is 6.31. The molecule has 3 heteroatoms. The number of Topliss-reactive ketones (excluding diaryl/α,β-unsaturated/α-hetero) is 1. The van der Waals surface area contributed by atoms with Crippen molar-refractivity contribution in [1.82, 2.24) is 0 Å². The molecule has 0 radical (unpaired) electrons. The van der Waals surface area contributed by atoms with E-state index in [9.17, 15) is 4.79 Å². The number of rotatable bonds is 4. The van der Waals surface area contributed by atoms with Gasteiger partial charge in [0.2, 0.25) is 0 Å². The fraction of sp³-hybridized carbons (Fsp3) is 0.278. The molecule has 0 amide bonds. The molecule has 2 nitrogen and oxygen atoms in total. The fourth-order valence-corrected chi connectivity index (χ4v) is 3.09. The maximum absolute atomic E-state index is 12.5. The van der Waals surface area contributed by atoms with Crippen molar-refractivity contribution in [3.8, 4) is 5.75 Å². The van der Waals surface area contributed by atoms with Crippen LogP contribution in [0.5, 0.6) is 5.75 Å². The Morgan fingerprint density at radius 3 is 2.76 bits per heavy atom. The number of hydrogen-bond donors (Lipinski definition) is 0. The monoisotopic (exact) mass is 300 g/mol. The summed E-state index contributed by atoms with van der Waals surface area (Å²) in [6.45, 7) is 0. The van der Waals surface area contributed by atoms with Crippen LogP contribution in [0.25, 0.3) is 0 Å². The lowest BCUT2D eigenvalue weighted by Gasteiger charge is -2.09. The Morgan fingerprint density at radius 1 is 1.14 bits per heavy atom. The molecule has 0 atom stereocenters. The summed E-state index contributed by atoms with van der Waals surface area (Å²) in [6.07, 6.45) is 3.88. The summed E-state index contributed by atoms with van der Waals surface area (Å²) in [4.78, 5) is 12.5. The van der Waals surface area contributed by atoms with Gasteiger partial charge in [0.15, 0.2) is 5.78 Å². The number of ether oxygens (including phenoxy) is 1. The van der Waals surface area contributed by atoms with Crippen molar-refractivity contribution in [2.45, 2.75) is 25.7 Å². The Morgan fingerprint density at radius 2 is 1.95 bits per heavy atom. The highest BCUT2D eigenvalue weighted by Gasteiger charge is 2.16. The number of halogens is 1. The summed E-state index contributed by atoms with van der Waals surface area (Å²) < 4.78 is 5.25. The van der Waals surface area contributed by atoms with Crippen LogP contribution in [-0.4, -0.2) is 12.9 Å². The molecule has 21 heavy (non-hydrogen) atoms. The molecule has 0 fully saturated rings. The predicted molar refractivity (Wildman–Crippen MR) is 84.5 cm³/mol. The van der Waals surface area contributed by atoms with Gasteiger partial charge in [-0.2, -0.15) is 0 Å². The zero-order chi connectivity index (χ0) is 14.8. The van der Waals surface area contributed by atoms with Crippen LogP contribution in [0.2, 0.25) is 5.02 Å². The number of carbonyl (C=O) groups excluding carboxylic acids is 1. The van der Waals surface area contributed by atoms with E-state index in [0.717, 1.165) is 18.4 Å². The Balaban J connectivity index is 1.85. The molecule has 0 saturated heterocycles. The zero-order valence-electron chi connectivity index (χ0n) is 12.0. The van der Waals surface area contributed by atoms with Crippen molar-refractivity contribution in [2.75, 3.05) is 7.11 Å². The minimum atomic E-state index is 0.0345. The Kier molecular flexibility index (Phi) is 3.98. The van der Waals surface area contributed by atoms with E-state index in [2.05, 4.69) is 18.2 Å². The van der Waals surface area contributed by atoms with Gasteiger partial charge < -0.3 is 4.74 Å². The molecule has 2 aromatic carbocycles. The van der Waals surface area contributed by atoms with Gasteiger partial charge in [0.25, 0.3) is 0 Å². The smallest absolute Gasteiger partial charge is 0.171 e. The molecule has 1 aliphatic rings. The van der Waals surface area contributed by atoms with Gasteiger partial charge in [-0.1, -0.05) is 29.8 Å². The average molecular weight is 301 g/mol. The third kappa shape index (κ3) is 2.96. The van der Waals surface area contributed by atoms with Crippen LogP contribution in [-0.2, 0) is 19.3 Å². The lowest BCUT2D eigenvalue weighted by molar-refractivity contribution is 0.0990. The van der Waals surface area contributed by atoms with Crippen molar-refractivity contribution in [3.63, 3.8) is 0 Å². The fourth-order valence-electron chi connectivity index (χ4n) is 2.91. The summed E-state index contributed by atoms with van der Waals surface area (Å²) in [7, 11) is 1.56. The van der Waals surface area contributed by atoms with Crippen LogP contribution in [0, 0.1) is 0 Å². The first-order chi connectivity index (χ1) is 10.2. The largest absolute Gasteiger partial charge is 0.496 e. The van der Waals surface area contributed by atoms with Crippen LogP contribution in [0.1, 0.15) is 33.5 Å². The molecule has 0 spiro atoms. The Labute approximate surface area is 129 Å². The SMILES string of the molecule is COc1ccc(Cl)cc1C(=O)Cc1ccc2c(c1)CCC2. The van der Waals surface area contributed by atoms with E-state index in [4.69, 9.17) is 16.3 Å². The molecule has 0 unspecified atom stereocenters. The van der Waals surface area contributed by atoms with Gasteiger partial charge in [-0.05, 0) is 54.2 Å². The van der Waals surface area contributed by atoms with E-state index in [0.29, 0.717) is 22.8 Å². The highest BCUT2D eigenvalue weighted by atomic mass is 35.5. The topological polar surface area (TPSA) is 26.3 Å². The molecule has 0 saturated carbocycles. The lowest BCUT2D eigenvalue weighted by Crippen LogP contribution is -2.06. The Bertz CT molecular complexity index is 692. The predicted octanol–water partition coefficient (Wildman–Crippen LogP) is 4.26. The molecule has 1 aliphatic carbocycles. The standard InChI is InChI=1S/C18H17ClO2/c1-21-18-8-7-15(19)11-16(18)17(20)10-12-5-6-13-3-2-4-14(13)9-12/h5-9,11H,2-4,10H2,1H3.